The molecule has 15 heavy (non-hydrogen) atoms. The number of hydrogen-bond donors (Lipinski definition) is 1. The van der Waals surface area contributed by atoms with E-state index < -0.39 is 0 Å². The Hall–Kier alpha value is -1.20. The van der Waals surface area contributed by atoms with Gasteiger partial charge < -0.3 is 9.73 Å². The van der Waals surface area contributed by atoms with Crippen LogP contribution in [0.4, 0.5) is 0 Å². The van der Waals surface area contributed by atoms with Crippen LogP contribution in [0, 0.1) is 12.3 Å². The molecule has 0 aliphatic carbocycles. The zero-order valence-corrected chi connectivity index (χ0v) is 9.33. The van der Waals surface area contributed by atoms with Crippen molar-refractivity contribution in [1.82, 2.24) is 5.32 Å². The number of terminal acetylenes is 1. The van der Waals surface area contributed by atoms with Crippen LogP contribution >= 0.6 is 0 Å². The van der Waals surface area contributed by atoms with Crippen molar-refractivity contribution in [3.63, 3.8) is 0 Å². The van der Waals surface area contributed by atoms with Crippen LogP contribution in [-0.4, -0.2) is 12.6 Å². The Labute approximate surface area is 92.1 Å². The molecule has 0 spiro atoms. The highest BCUT2D eigenvalue weighted by atomic mass is 16.3. The summed E-state index contributed by atoms with van der Waals surface area (Å²) < 4.78 is 5.27. The second-order valence-electron chi connectivity index (χ2n) is 3.78. The van der Waals surface area contributed by atoms with Gasteiger partial charge in [-0.05, 0) is 38.4 Å². The number of furan rings is 1. The van der Waals surface area contributed by atoms with Crippen LogP contribution < -0.4 is 5.32 Å². The van der Waals surface area contributed by atoms with Gasteiger partial charge in [0.25, 0.3) is 0 Å². The maximum absolute atomic E-state index is 5.27. The fraction of sp³-hybridized carbons (Fsp3) is 0.538. The van der Waals surface area contributed by atoms with Gasteiger partial charge in [0.15, 0.2) is 0 Å². The summed E-state index contributed by atoms with van der Waals surface area (Å²) in [4.78, 5) is 0. The minimum absolute atomic E-state index is 0.521. The van der Waals surface area contributed by atoms with Crippen LogP contribution in [0.15, 0.2) is 22.8 Å². The third-order valence-electron chi connectivity index (χ3n) is 2.39. The number of nitrogens with one attached hydrogen (secondary N) is 1. The smallest absolute Gasteiger partial charge is 0.103 e. The zero-order valence-electron chi connectivity index (χ0n) is 9.33. The van der Waals surface area contributed by atoms with E-state index >= 15 is 0 Å². The molecule has 1 N–H and O–H groups in total. The molecular weight excluding hydrogens is 186 g/mol. The molecule has 1 unspecified atom stereocenters. The average Bonchev–Trinajstić information content (AvgIpc) is 2.74. The summed E-state index contributed by atoms with van der Waals surface area (Å²) in [5.74, 6) is 3.70. The summed E-state index contributed by atoms with van der Waals surface area (Å²) in [6.45, 7) is 3.20. The van der Waals surface area contributed by atoms with E-state index in [-0.39, 0.29) is 0 Å². The highest BCUT2D eigenvalue weighted by molar-refractivity contribution is 4.98. The normalized spacial score (nSPS) is 12.3. The van der Waals surface area contributed by atoms with Crippen molar-refractivity contribution < 1.29 is 4.42 Å². The lowest BCUT2D eigenvalue weighted by molar-refractivity contribution is 0.459. The summed E-state index contributed by atoms with van der Waals surface area (Å²) in [5.41, 5.74) is 0. The molecule has 2 heteroatoms. The van der Waals surface area contributed by atoms with Gasteiger partial charge in [0, 0.05) is 18.9 Å². The van der Waals surface area contributed by atoms with Gasteiger partial charge in [0.1, 0.15) is 5.76 Å². The maximum Gasteiger partial charge on any atom is 0.103 e. The highest BCUT2D eigenvalue weighted by Gasteiger charge is 2.02. The Morgan fingerprint density at radius 2 is 2.47 bits per heavy atom. The van der Waals surface area contributed by atoms with Crippen LogP contribution in [0.5, 0.6) is 0 Å². The number of unbranched alkanes of at least 4 members (excludes halogenated alkanes) is 1. The van der Waals surface area contributed by atoms with Crippen molar-refractivity contribution in [3.05, 3.63) is 24.2 Å². The predicted octanol–water partition coefficient (Wildman–Crippen LogP) is 2.60. The Morgan fingerprint density at radius 1 is 1.60 bits per heavy atom. The standard InChI is InChI=1S/C13H19NO/c1-3-4-5-10-14-12(2)8-9-13-7-6-11-15-13/h1,6-7,11-12,14H,4-5,8-10H2,2H3. The lowest BCUT2D eigenvalue weighted by Gasteiger charge is -2.12. The van der Waals surface area contributed by atoms with Gasteiger partial charge in [-0.2, -0.15) is 0 Å². The first kappa shape index (κ1) is 11.9. The van der Waals surface area contributed by atoms with Gasteiger partial charge in [0.05, 0.1) is 6.26 Å². The molecule has 0 radical (unpaired) electrons. The molecule has 82 valence electrons. The quantitative estimate of drug-likeness (QED) is 0.547. The Morgan fingerprint density at radius 3 is 3.13 bits per heavy atom. The molecule has 0 amide bonds. The largest absolute Gasteiger partial charge is 0.469 e. The summed E-state index contributed by atoms with van der Waals surface area (Å²) in [5, 5.41) is 3.44. The fourth-order valence-electron chi connectivity index (χ4n) is 1.45. The van der Waals surface area contributed by atoms with E-state index in [2.05, 4.69) is 18.2 Å². The summed E-state index contributed by atoms with van der Waals surface area (Å²) in [7, 11) is 0. The number of aryl methyl sites for hydroxylation is 1. The molecule has 1 aromatic rings. The van der Waals surface area contributed by atoms with E-state index in [1.807, 2.05) is 12.1 Å². The van der Waals surface area contributed by atoms with Gasteiger partial charge in [-0.3, -0.25) is 0 Å². The van der Waals surface area contributed by atoms with Crippen LogP contribution in [0.2, 0.25) is 0 Å². The molecule has 0 fully saturated rings. The predicted molar refractivity (Wildman–Crippen MR) is 62.6 cm³/mol. The summed E-state index contributed by atoms with van der Waals surface area (Å²) in [6, 6.07) is 4.47. The molecule has 0 bridgehead atoms. The topological polar surface area (TPSA) is 25.2 Å². The molecule has 2 nitrogen and oxygen atoms in total. The Balaban J connectivity index is 2.04. The SMILES string of the molecule is C#CCCCNC(C)CCc1ccco1. The highest BCUT2D eigenvalue weighted by Crippen LogP contribution is 2.05. The van der Waals surface area contributed by atoms with Crippen molar-refractivity contribution >= 4 is 0 Å². The molecule has 0 saturated carbocycles. The molecule has 1 atom stereocenters. The molecule has 0 aromatic carbocycles. The van der Waals surface area contributed by atoms with Crippen molar-refractivity contribution in [2.45, 2.75) is 38.6 Å². The van der Waals surface area contributed by atoms with Gasteiger partial charge in [0.2, 0.25) is 0 Å². The first-order valence-corrected chi connectivity index (χ1v) is 5.52. The van der Waals surface area contributed by atoms with E-state index in [1.165, 1.54) is 0 Å². The van der Waals surface area contributed by atoms with Crippen molar-refractivity contribution in [2.75, 3.05) is 6.54 Å². The van der Waals surface area contributed by atoms with E-state index in [9.17, 15) is 0 Å². The number of rotatable bonds is 7. The minimum atomic E-state index is 0.521. The number of hydrogen-bond acceptors (Lipinski definition) is 2. The molecule has 0 aliphatic rings. The van der Waals surface area contributed by atoms with Crippen molar-refractivity contribution in [1.29, 1.82) is 0 Å². The van der Waals surface area contributed by atoms with E-state index in [1.54, 1.807) is 6.26 Å². The van der Waals surface area contributed by atoms with Crippen LogP contribution in [0.3, 0.4) is 0 Å². The zero-order chi connectivity index (χ0) is 10.9. The van der Waals surface area contributed by atoms with E-state index in [0.29, 0.717) is 6.04 Å². The monoisotopic (exact) mass is 205 g/mol. The molecule has 1 aromatic heterocycles. The van der Waals surface area contributed by atoms with E-state index in [0.717, 1.165) is 38.0 Å². The van der Waals surface area contributed by atoms with Gasteiger partial charge in [-0.25, -0.2) is 0 Å². The second kappa shape index (κ2) is 7.14. The van der Waals surface area contributed by atoms with Gasteiger partial charge in [-0.15, -0.1) is 12.3 Å². The molecule has 0 saturated heterocycles. The average molecular weight is 205 g/mol. The Bertz CT molecular complexity index is 284. The van der Waals surface area contributed by atoms with Crippen molar-refractivity contribution in [2.24, 2.45) is 0 Å². The fourth-order valence-corrected chi connectivity index (χ4v) is 1.45. The molecule has 0 aliphatic heterocycles. The van der Waals surface area contributed by atoms with Gasteiger partial charge >= 0.3 is 0 Å². The maximum atomic E-state index is 5.27. The first-order valence-electron chi connectivity index (χ1n) is 5.52. The van der Waals surface area contributed by atoms with Crippen LogP contribution in [0.1, 0.15) is 31.9 Å². The summed E-state index contributed by atoms with van der Waals surface area (Å²) in [6.07, 6.45) is 10.9. The third kappa shape index (κ3) is 5.29. The second-order valence-corrected chi connectivity index (χ2v) is 3.78. The summed E-state index contributed by atoms with van der Waals surface area (Å²) >= 11 is 0. The van der Waals surface area contributed by atoms with Crippen LogP contribution in [-0.2, 0) is 6.42 Å². The van der Waals surface area contributed by atoms with Crippen LogP contribution in [0.25, 0.3) is 0 Å². The first-order chi connectivity index (χ1) is 7.33. The van der Waals surface area contributed by atoms with Gasteiger partial charge in [-0.1, -0.05) is 0 Å². The molecule has 1 heterocycles. The van der Waals surface area contributed by atoms with E-state index in [4.69, 9.17) is 10.8 Å². The lowest BCUT2D eigenvalue weighted by Crippen LogP contribution is -2.27. The molecule has 1 rings (SSSR count). The third-order valence-corrected chi connectivity index (χ3v) is 2.39. The van der Waals surface area contributed by atoms with Crippen molar-refractivity contribution in [3.8, 4) is 12.3 Å². The molecular formula is C13H19NO. The Kier molecular flexibility index (Phi) is 5.65. The lowest BCUT2D eigenvalue weighted by atomic mass is 10.1. The minimum Gasteiger partial charge on any atom is -0.469 e.